The van der Waals surface area contributed by atoms with E-state index in [1.54, 1.807) is 45.6 Å². The fourth-order valence-electron chi connectivity index (χ4n) is 4.39. The van der Waals surface area contributed by atoms with Gasteiger partial charge in [-0.05, 0) is 48.2 Å². The zero-order chi connectivity index (χ0) is 25.1. The van der Waals surface area contributed by atoms with Gasteiger partial charge in [0.05, 0.1) is 34.9 Å². The molecule has 5 rings (SSSR count). The largest absolute Gasteiger partial charge is 0.348 e. The third-order valence-electron chi connectivity index (χ3n) is 6.35. The van der Waals surface area contributed by atoms with Gasteiger partial charge < -0.3 is 5.32 Å². The van der Waals surface area contributed by atoms with Crippen LogP contribution in [0, 0.1) is 5.82 Å². The van der Waals surface area contributed by atoms with Gasteiger partial charge in [0.15, 0.2) is 0 Å². The molecule has 0 radical (unpaired) electrons. The van der Waals surface area contributed by atoms with E-state index in [1.807, 2.05) is 12.1 Å². The van der Waals surface area contributed by atoms with Crippen molar-refractivity contribution < 1.29 is 17.6 Å². The first-order chi connectivity index (χ1) is 17.4. The van der Waals surface area contributed by atoms with Gasteiger partial charge in [-0.1, -0.05) is 30.7 Å². The van der Waals surface area contributed by atoms with Crippen LogP contribution in [0.1, 0.15) is 40.7 Å². The number of pyridine rings is 1. The monoisotopic (exact) mass is 507 g/mol. The molecule has 1 saturated heterocycles. The first-order valence-corrected chi connectivity index (χ1v) is 13.4. The number of benzene rings is 2. The number of piperidine rings is 1. The molecule has 1 N–H and O–H groups in total. The SMILES string of the molecule is O=C(NCc1ccc(CS(=O)(=O)N2CCCCC2)cc1)c1cncc2c1cnn2-c1ccc(F)cc1. The number of carbonyl (C=O) groups is 1. The molecule has 0 saturated carbocycles. The highest BCUT2D eigenvalue weighted by atomic mass is 32.2. The Labute approximate surface area is 208 Å². The molecule has 4 aromatic rings. The average Bonchev–Trinajstić information content (AvgIpc) is 3.33. The van der Waals surface area contributed by atoms with Crippen LogP contribution in [0.15, 0.2) is 67.1 Å². The highest BCUT2D eigenvalue weighted by Crippen LogP contribution is 2.21. The maximum Gasteiger partial charge on any atom is 0.253 e. The highest BCUT2D eigenvalue weighted by Gasteiger charge is 2.24. The minimum atomic E-state index is -3.32. The smallest absolute Gasteiger partial charge is 0.253 e. The topological polar surface area (TPSA) is 97.2 Å². The fourth-order valence-corrected chi connectivity index (χ4v) is 6.00. The molecule has 36 heavy (non-hydrogen) atoms. The summed E-state index contributed by atoms with van der Waals surface area (Å²) in [6, 6.07) is 13.1. The van der Waals surface area contributed by atoms with Crippen molar-refractivity contribution in [2.75, 3.05) is 13.1 Å². The molecule has 3 heterocycles. The predicted octanol–water partition coefficient (Wildman–Crippen LogP) is 3.81. The van der Waals surface area contributed by atoms with E-state index in [2.05, 4.69) is 15.4 Å². The summed E-state index contributed by atoms with van der Waals surface area (Å²) >= 11 is 0. The molecule has 8 nitrogen and oxygen atoms in total. The van der Waals surface area contributed by atoms with E-state index >= 15 is 0 Å². The zero-order valence-electron chi connectivity index (χ0n) is 19.6. The lowest BCUT2D eigenvalue weighted by atomic mass is 10.1. The quantitative estimate of drug-likeness (QED) is 0.410. The first-order valence-electron chi connectivity index (χ1n) is 11.8. The van der Waals surface area contributed by atoms with Gasteiger partial charge in [0.1, 0.15) is 5.82 Å². The lowest BCUT2D eigenvalue weighted by molar-refractivity contribution is 0.0952. The number of aromatic nitrogens is 3. The van der Waals surface area contributed by atoms with Crippen molar-refractivity contribution in [1.82, 2.24) is 24.4 Å². The van der Waals surface area contributed by atoms with Crippen molar-refractivity contribution in [3.63, 3.8) is 0 Å². The number of hydrogen-bond donors (Lipinski definition) is 1. The molecule has 2 aromatic heterocycles. The van der Waals surface area contributed by atoms with E-state index < -0.39 is 10.0 Å². The molecule has 1 amide bonds. The summed E-state index contributed by atoms with van der Waals surface area (Å²) in [6.45, 7) is 1.47. The molecule has 2 aromatic carbocycles. The summed E-state index contributed by atoms with van der Waals surface area (Å²) in [5.74, 6) is -0.667. The summed E-state index contributed by atoms with van der Waals surface area (Å²) in [5.41, 5.74) is 3.24. The lowest BCUT2D eigenvalue weighted by Crippen LogP contribution is -2.36. The first kappa shape index (κ1) is 24.1. The standard InChI is InChI=1S/C26H26FN5O3S/c27-21-8-10-22(11-9-21)32-25-17-28-15-24(23(25)16-30-32)26(33)29-14-19-4-6-20(7-5-19)18-36(34,35)31-12-2-1-3-13-31/h4-11,15-17H,1-3,12-14,18H2,(H,29,33). The number of amides is 1. The Hall–Kier alpha value is -3.63. The van der Waals surface area contributed by atoms with E-state index in [1.165, 1.54) is 18.3 Å². The third kappa shape index (κ3) is 5.14. The molecule has 0 unspecified atom stereocenters. The summed E-state index contributed by atoms with van der Waals surface area (Å²) < 4.78 is 41.8. The van der Waals surface area contributed by atoms with Gasteiger partial charge in [-0.25, -0.2) is 21.8 Å². The van der Waals surface area contributed by atoms with Crippen molar-refractivity contribution in [1.29, 1.82) is 0 Å². The van der Waals surface area contributed by atoms with Crippen LogP contribution in [0.5, 0.6) is 0 Å². The number of fused-ring (bicyclic) bond motifs is 1. The van der Waals surface area contributed by atoms with Gasteiger partial charge in [0.2, 0.25) is 10.0 Å². The molecule has 186 valence electrons. The van der Waals surface area contributed by atoms with Crippen LogP contribution in [0.4, 0.5) is 4.39 Å². The normalized spacial score (nSPS) is 14.7. The molecule has 1 aliphatic rings. The van der Waals surface area contributed by atoms with Crippen LogP contribution in [0.3, 0.4) is 0 Å². The number of sulfonamides is 1. The van der Waals surface area contributed by atoms with Crippen LogP contribution in [-0.4, -0.2) is 46.5 Å². The van der Waals surface area contributed by atoms with Crippen LogP contribution in [0.2, 0.25) is 0 Å². The Bertz CT molecular complexity index is 1480. The average molecular weight is 508 g/mol. The van der Waals surface area contributed by atoms with Crippen LogP contribution < -0.4 is 5.32 Å². The van der Waals surface area contributed by atoms with E-state index in [-0.39, 0.29) is 24.0 Å². The van der Waals surface area contributed by atoms with Gasteiger partial charge in [-0.2, -0.15) is 5.10 Å². The fraction of sp³-hybridized carbons (Fsp3) is 0.269. The van der Waals surface area contributed by atoms with Crippen molar-refractivity contribution >= 4 is 26.8 Å². The summed E-state index contributed by atoms with van der Waals surface area (Å²) in [6.07, 6.45) is 7.59. The number of hydrogen-bond acceptors (Lipinski definition) is 5. The van der Waals surface area contributed by atoms with Crippen molar-refractivity contribution in [2.24, 2.45) is 0 Å². The minimum absolute atomic E-state index is 0.0225. The van der Waals surface area contributed by atoms with E-state index in [0.717, 1.165) is 30.4 Å². The highest BCUT2D eigenvalue weighted by molar-refractivity contribution is 7.88. The Kier molecular flexibility index (Phi) is 6.80. The van der Waals surface area contributed by atoms with Gasteiger partial charge in [0, 0.05) is 31.2 Å². The van der Waals surface area contributed by atoms with Crippen LogP contribution in [0.25, 0.3) is 16.6 Å². The molecular weight excluding hydrogens is 481 g/mol. The number of halogens is 1. The van der Waals surface area contributed by atoms with Crippen molar-refractivity contribution in [3.05, 3.63) is 89.6 Å². The summed E-state index contributed by atoms with van der Waals surface area (Å²) in [5, 5.41) is 7.87. The van der Waals surface area contributed by atoms with E-state index in [0.29, 0.717) is 35.2 Å². The Morgan fingerprint density at radius 3 is 2.33 bits per heavy atom. The minimum Gasteiger partial charge on any atom is -0.348 e. The maximum atomic E-state index is 13.3. The van der Waals surface area contributed by atoms with Crippen LogP contribution >= 0.6 is 0 Å². The molecule has 0 spiro atoms. The van der Waals surface area contributed by atoms with Crippen molar-refractivity contribution in [3.8, 4) is 5.69 Å². The number of nitrogens with zero attached hydrogens (tertiary/aromatic N) is 4. The molecule has 1 aliphatic heterocycles. The van der Waals surface area contributed by atoms with E-state index in [9.17, 15) is 17.6 Å². The third-order valence-corrected chi connectivity index (χ3v) is 8.20. The predicted molar refractivity (Wildman–Crippen MR) is 134 cm³/mol. The Balaban J connectivity index is 1.25. The number of rotatable bonds is 7. The van der Waals surface area contributed by atoms with E-state index in [4.69, 9.17) is 0 Å². The molecule has 0 atom stereocenters. The molecule has 0 bridgehead atoms. The van der Waals surface area contributed by atoms with Crippen LogP contribution in [-0.2, 0) is 22.3 Å². The maximum absolute atomic E-state index is 13.3. The second-order valence-corrected chi connectivity index (χ2v) is 10.8. The summed E-state index contributed by atoms with van der Waals surface area (Å²) in [7, 11) is -3.32. The van der Waals surface area contributed by atoms with Crippen molar-refractivity contribution in [2.45, 2.75) is 31.6 Å². The molecular formula is C26H26FN5O3S. The second kappa shape index (κ2) is 10.2. The van der Waals surface area contributed by atoms with Gasteiger partial charge in [-0.15, -0.1) is 0 Å². The molecule has 1 fully saturated rings. The molecule has 10 heteroatoms. The summed E-state index contributed by atoms with van der Waals surface area (Å²) in [4.78, 5) is 17.1. The number of nitrogens with one attached hydrogen (secondary N) is 1. The Morgan fingerprint density at radius 2 is 1.61 bits per heavy atom. The van der Waals surface area contributed by atoms with Gasteiger partial charge in [-0.3, -0.25) is 9.78 Å². The Morgan fingerprint density at radius 1 is 0.917 bits per heavy atom. The molecule has 0 aliphatic carbocycles. The number of carbonyl (C=O) groups excluding carboxylic acids is 1. The zero-order valence-corrected chi connectivity index (χ0v) is 20.4. The second-order valence-electron chi connectivity index (χ2n) is 8.87. The van der Waals surface area contributed by atoms with Gasteiger partial charge in [0.25, 0.3) is 5.91 Å². The lowest BCUT2D eigenvalue weighted by Gasteiger charge is -2.25. The van der Waals surface area contributed by atoms with Gasteiger partial charge >= 0.3 is 0 Å².